The van der Waals surface area contributed by atoms with Crippen LogP contribution in [0.4, 0.5) is 10.1 Å². The summed E-state index contributed by atoms with van der Waals surface area (Å²) in [5.41, 5.74) is 2.33. The molecule has 164 valence electrons. The number of carbonyl (C=O) groups excluding carboxylic acids is 2. The number of ether oxygens (including phenoxy) is 2. The van der Waals surface area contributed by atoms with Crippen LogP contribution in [0.15, 0.2) is 60.8 Å². The number of anilines is 1. The normalized spacial score (nSPS) is 14.6. The van der Waals surface area contributed by atoms with Crippen molar-refractivity contribution < 1.29 is 23.5 Å². The van der Waals surface area contributed by atoms with Gasteiger partial charge in [-0.2, -0.15) is 0 Å². The highest BCUT2D eigenvalue weighted by molar-refractivity contribution is 5.94. The molecule has 1 aromatic heterocycles. The van der Waals surface area contributed by atoms with Gasteiger partial charge in [-0.15, -0.1) is 0 Å². The Hall–Kier alpha value is -3.94. The number of pyridine rings is 1. The smallest absolute Gasteiger partial charge is 0.243 e. The minimum atomic E-state index is -0.345. The number of benzene rings is 2. The number of halogens is 1. The lowest BCUT2D eigenvalue weighted by atomic mass is 9.97. The van der Waals surface area contributed by atoms with E-state index < -0.39 is 0 Å². The van der Waals surface area contributed by atoms with Crippen LogP contribution in [0.3, 0.4) is 0 Å². The van der Waals surface area contributed by atoms with Gasteiger partial charge < -0.3 is 20.1 Å². The second-order valence-corrected chi connectivity index (χ2v) is 7.41. The predicted octanol–water partition coefficient (Wildman–Crippen LogP) is 4.15. The number of fused-ring (bicyclic) bond motifs is 1. The molecule has 2 N–H and O–H groups in total. The monoisotopic (exact) mass is 435 g/mol. The quantitative estimate of drug-likeness (QED) is 0.607. The molecule has 0 aliphatic carbocycles. The fraction of sp³-hybridized carbons (Fsp3) is 0.208. The second kappa shape index (κ2) is 9.47. The first kappa shape index (κ1) is 21.3. The van der Waals surface area contributed by atoms with Gasteiger partial charge in [0.15, 0.2) is 0 Å². The van der Waals surface area contributed by atoms with Gasteiger partial charge in [0.25, 0.3) is 0 Å². The number of carbonyl (C=O) groups is 2. The van der Waals surface area contributed by atoms with E-state index in [1.165, 1.54) is 25.3 Å². The third kappa shape index (κ3) is 5.40. The molecular formula is C24H22FN3O4. The molecule has 8 heteroatoms. The van der Waals surface area contributed by atoms with Gasteiger partial charge in [-0.25, -0.2) is 9.37 Å². The molecule has 2 amide bonds. The summed E-state index contributed by atoms with van der Waals surface area (Å²) in [5.74, 6) is 0.851. The van der Waals surface area contributed by atoms with Crippen molar-refractivity contribution in [2.75, 3.05) is 11.9 Å². The molecule has 0 bridgehead atoms. The summed E-state index contributed by atoms with van der Waals surface area (Å²) in [7, 11) is 0. The van der Waals surface area contributed by atoms with Crippen molar-refractivity contribution >= 4 is 17.5 Å². The maximum absolute atomic E-state index is 13.5. The van der Waals surface area contributed by atoms with Gasteiger partial charge in [0.05, 0.1) is 18.4 Å². The minimum absolute atomic E-state index is 0.106. The molecule has 1 atom stereocenters. The Kier molecular flexibility index (Phi) is 6.30. The van der Waals surface area contributed by atoms with Crippen molar-refractivity contribution in [3.63, 3.8) is 0 Å². The number of amides is 2. The van der Waals surface area contributed by atoms with E-state index in [0.717, 1.165) is 29.7 Å². The van der Waals surface area contributed by atoms with Gasteiger partial charge in [0.1, 0.15) is 23.4 Å². The van der Waals surface area contributed by atoms with Crippen LogP contribution < -0.4 is 20.1 Å². The Morgan fingerprint density at radius 3 is 2.81 bits per heavy atom. The molecule has 0 saturated heterocycles. The van der Waals surface area contributed by atoms with E-state index >= 15 is 0 Å². The number of hydrogen-bond donors (Lipinski definition) is 2. The lowest BCUT2D eigenvalue weighted by Gasteiger charge is -2.26. The topological polar surface area (TPSA) is 89.6 Å². The molecule has 1 aliphatic rings. The largest absolute Gasteiger partial charge is 0.485 e. The maximum atomic E-state index is 13.5. The molecule has 3 aromatic rings. The lowest BCUT2D eigenvalue weighted by Crippen LogP contribution is -2.31. The summed E-state index contributed by atoms with van der Waals surface area (Å²) in [6.07, 6.45) is 2.82. The Bertz CT molecular complexity index is 1130. The fourth-order valence-corrected chi connectivity index (χ4v) is 3.42. The fourth-order valence-electron chi connectivity index (χ4n) is 3.42. The van der Waals surface area contributed by atoms with Crippen LogP contribution in [0.5, 0.6) is 17.4 Å². The number of aromatic nitrogens is 1. The minimum Gasteiger partial charge on any atom is -0.485 e. The SMILES string of the molecule is CC(=O)NCC(=O)Nc1ccc(Oc2ccc3c(c2)CCC(c2cccc(F)c2)O3)nc1. The van der Waals surface area contributed by atoms with E-state index in [-0.39, 0.29) is 30.3 Å². The van der Waals surface area contributed by atoms with Gasteiger partial charge in [0.2, 0.25) is 17.7 Å². The molecule has 7 nitrogen and oxygen atoms in total. The molecule has 1 unspecified atom stereocenters. The van der Waals surface area contributed by atoms with E-state index in [1.807, 2.05) is 18.2 Å². The standard InChI is InChI=1S/C24H22FN3O4/c1-15(29)26-14-23(30)28-19-6-10-24(27-13-19)31-20-7-9-22-17(12-20)5-8-21(32-22)16-3-2-4-18(25)11-16/h2-4,6-7,9-13,21H,5,8,14H2,1H3,(H,26,29)(H,28,30). The maximum Gasteiger partial charge on any atom is 0.243 e. The number of aryl methyl sites for hydroxylation is 1. The van der Waals surface area contributed by atoms with Crippen LogP contribution in [0, 0.1) is 5.82 Å². The molecule has 0 radical (unpaired) electrons. The number of nitrogens with one attached hydrogen (secondary N) is 2. The van der Waals surface area contributed by atoms with Crippen LogP contribution in [0.2, 0.25) is 0 Å². The van der Waals surface area contributed by atoms with E-state index in [1.54, 1.807) is 24.3 Å². The van der Waals surface area contributed by atoms with Crippen LogP contribution in [-0.2, 0) is 16.0 Å². The summed E-state index contributed by atoms with van der Waals surface area (Å²) in [6, 6.07) is 15.3. The highest BCUT2D eigenvalue weighted by Gasteiger charge is 2.22. The summed E-state index contributed by atoms with van der Waals surface area (Å²) in [5, 5.41) is 5.06. The highest BCUT2D eigenvalue weighted by atomic mass is 19.1. The third-order valence-corrected chi connectivity index (χ3v) is 4.94. The molecule has 2 heterocycles. The molecule has 4 rings (SSSR count). The summed E-state index contributed by atoms with van der Waals surface area (Å²) in [4.78, 5) is 26.8. The van der Waals surface area contributed by atoms with Gasteiger partial charge in [-0.3, -0.25) is 9.59 Å². The van der Waals surface area contributed by atoms with Crippen molar-refractivity contribution in [1.29, 1.82) is 0 Å². The Morgan fingerprint density at radius 2 is 2.06 bits per heavy atom. The molecule has 2 aromatic carbocycles. The molecular weight excluding hydrogens is 413 g/mol. The number of nitrogens with zero attached hydrogens (tertiary/aromatic N) is 1. The van der Waals surface area contributed by atoms with E-state index in [4.69, 9.17) is 9.47 Å². The average molecular weight is 435 g/mol. The summed E-state index contributed by atoms with van der Waals surface area (Å²) >= 11 is 0. The van der Waals surface area contributed by atoms with Crippen LogP contribution in [0.25, 0.3) is 0 Å². The first-order valence-corrected chi connectivity index (χ1v) is 10.2. The summed E-state index contributed by atoms with van der Waals surface area (Å²) < 4.78 is 25.4. The third-order valence-electron chi connectivity index (χ3n) is 4.94. The average Bonchev–Trinajstić information content (AvgIpc) is 2.79. The zero-order valence-corrected chi connectivity index (χ0v) is 17.4. The van der Waals surface area contributed by atoms with Crippen LogP contribution in [-0.4, -0.2) is 23.3 Å². The second-order valence-electron chi connectivity index (χ2n) is 7.41. The summed E-state index contributed by atoms with van der Waals surface area (Å²) in [6.45, 7) is 1.24. The van der Waals surface area contributed by atoms with Crippen molar-refractivity contribution in [3.8, 4) is 17.4 Å². The van der Waals surface area contributed by atoms with E-state index in [0.29, 0.717) is 17.3 Å². The van der Waals surface area contributed by atoms with Gasteiger partial charge in [0, 0.05) is 13.0 Å². The van der Waals surface area contributed by atoms with Gasteiger partial charge in [-0.1, -0.05) is 12.1 Å². The highest BCUT2D eigenvalue weighted by Crippen LogP contribution is 2.37. The first-order chi connectivity index (χ1) is 15.5. The Morgan fingerprint density at radius 1 is 1.19 bits per heavy atom. The van der Waals surface area contributed by atoms with Crippen LogP contribution in [0.1, 0.15) is 30.6 Å². The van der Waals surface area contributed by atoms with Gasteiger partial charge >= 0.3 is 0 Å². The first-order valence-electron chi connectivity index (χ1n) is 10.2. The molecule has 0 fully saturated rings. The number of rotatable bonds is 6. The predicted molar refractivity (Wildman–Crippen MR) is 116 cm³/mol. The molecule has 32 heavy (non-hydrogen) atoms. The molecule has 1 aliphatic heterocycles. The van der Waals surface area contributed by atoms with Gasteiger partial charge in [-0.05, 0) is 60.4 Å². The zero-order chi connectivity index (χ0) is 22.5. The van der Waals surface area contributed by atoms with E-state index in [2.05, 4.69) is 15.6 Å². The van der Waals surface area contributed by atoms with Crippen molar-refractivity contribution in [1.82, 2.24) is 10.3 Å². The number of hydrogen-bond acceptors (Lipinski definition) is 5. The van der Waals surface area contributed by atoms with Crippen molar-refractivity contribution in [2.45, 2.75) is 25.9 Å². The lowest BCUT2D eigenvalue weighted by molar-refractivity contribution is -0.122. The van der Waals surface area contributed by atoms with Crippen LogP contribution >= 0.6 is 0 Å². The van der Waals surface area contributed by atoms with Crippen molar-refractivity contribution in [2.24, 2.45) is 0 Å². The van der Waals surface area contributed by atoms with Crippen molar-refractivity contribution in [3.05, 3.63) is 77.7 Å². The zero-order valence-electron chi connectivity index (χ0n) is 17.4. The Labute approximate surface area is 184 Å². The van der Waals surface area contributed by atoms with E-state index in [9.17, 15) is 14.0 Å². The Balaban J connectivity index is 1.37. The molecule has 0 saturated carbocycles. The molecule has 0 spiro atoms.